The Bertz CT molecular complexity index is 728. The minimum atomic E-state index is -0.178. The van der Waals surface area contributed by atoms with Gasteiger partial charge in [0.15, 0.2) is 0 Å². The summed E-state index contributed by atoms with van der Waals surface area (Å²) in [5, 5.41) is 5.59. The van der Waals surface area contributed by atoms with E-state index in [1.165, 1.54) is 0 Å². The van der Waals surface area contributed by atoms with Gasteiger partial charge in [-0.2, -0.15) is 0 Å². The van der Waals surface area contributed by atoms with E-state index in [1.54, 1.807) is 12.1 Å². The average molecular weight is 340 g/mol. The summed E-state index contributed by atoms with van der Waals surface area (Å²) in [5.41, 5.74) is 2.26. The second kappa shape index (κ2) is 9.47. The first-order valence-electron chi connectivity index (χ1n) is 8.46. The van der Waals surface area contributed by atoms with Crippen LogP contribution in [0.15, 0.2) is 48.5 Å². The Hall–Kier alpha value is -2.82. The number of hydrogen-bond acceptors (Lipinski definition) is 3. The van der Waals surface area contributed by atoms with Crippen molar-refractivity contribution in [3.63, 3.8) is 0 Å². The third-order valence-corrected chi connectivity index (χ3v) is 3.54. The largest absolute Gasteiger partial charge is 0.491 e. The number of anilines is 1. The van der Waals surface area contributed by atoms with Crippen molar-refractivity contribution in [2.75, 3.05) is 18.5 Å². The maximum atomic E-state index is 12.1. The van der Waals surface area contributed by atoms with Gasteiger partial charge in [-0.15, -0.1) is 0 Å². The number of amides is 2. The molecule has 5 nitrogen and oxygen atoms in total. The molecule has 0 saturated heterocycles. The molecule has 25 heavy (non-hydrogen) atoms. The number of rotatable bonds is 8. The van der Waals surface area contributed by atoms with Crippen molar-refractivity contribution in [2.24, 2.45) is 0 Å². The van der Waals surface area contributed by atoms with Crippen LogP contribution in [0.4, 0.5) is 5.69 Å². The molecule has 0 saturated carbocycles. The standard InChI is InChI=1S/C20H24N2O3/c1-3-13-25-18-10-5-4-9-17(18)22-19(23)11-12-21-20(24)16-8-6-7-15(2)14-16/h4-10,14H,3,11-13H2,1-2H3,(H,21,24)(H,22,23). The molecule has 0 heterocycles. The molecule has 0 atom stereocenters. The zero-order valence-electron chi connectivity index (χ0n) is 14.7. The van der Waals surface area contributed by atoms with Crippen LogP contribution in [0.1, 0.15) is 35.7 Å². The zero-order valence-corrected chi connectivity index (χ0v) is 14.7. The smallest absolute Gasteiger partial charge is 0.251 e. The fourth-order valence-corrected chi connectivity index (χ4v) is 2.30. The zero-order chi connectivity index (χ0) is 18.1. The number of nitrogens with one attached hydrogen (secondary N) is 2. The first-order chi connectivity index (χ1) is 12.1. The maximum absolute atomic E-state index is 12.1. The van der Waals surface area contributed by atoms with E-state index < -0.39 is 0 Å². The highest BCUT2D eigenvalue weighted by molar-refractivity contribution is 5.95. The summed E-state index contributed by atoms with van der Waals surface area (Å²) in [4.78, 5) is 24.1. The van der Waals surface area contributed by atoms with E-state index in [0.717, 1.165) is 12.0 Å². The molecule has 0 unspecified atom stereocenters. The molecule has 132 valence electrons. The summed E-state index contributed by atoms with van der Waals surface area (Å²) in [5.74, 6) is 0.307. The Kier molecular flexibility index (Phi) is 7.01. The van der Waals surface area contributed by atoms with Crippen LogP contribution in [-0.4, -0.2) is 25.0 Å². The Morgan fingerprint density at radius 3 is 2.64 bits per heavy atom. The van der Waals surface area contributed by atoms with Crippen LogP contribution >= 0.6 is 0 Å². The number of carbonyl (C=O) groups is 2. The van der Waals surface area contributed by atoms with Gasteiger partial charge >= 0.3 is 0 Å². The topological polar surface area (TPSA) is 67.4 Å². The molecule has 2 amide bonds. The van der Waals surface area contributed by atoms with E-state index in [4.69, 9.17) is 4.74 Å². The molecule has 2 rings (SSSR count). The SMILES string of the molecule is CCCOc1ccccc1NC(=O)CCNC(=O)c1cccc(C)c1. The van der Waals surface area contributed by atoms with Gasteiger partial charge in [-0.1, -0.05) is 36.8 Å². The van der Waals surface area contributed by atoms with E-state index in [0.29, 0.717) is 23.6 Å². The Balaban J connectivity index is 1.82. The third kappa shape index (κ3) is 5.95. The van der Waals surface area contributed by atoms with Crippen molar-refractivity contribution in [1.82, 2.24) is 5.32 Å². The molecule has 0 bridgehead atoms. The van der Waals surface area contributed by atoms with Crippen LogP contribution in [0.25, 0.3) is 0 Å². The fourth-order valence-electron chi connectivity index (χ4n) is 2.30. The van der Waals surface area contributed by atoms with Crippen molar-refractivity contribution in [3.8, 4) is 5.75 Å². The van der Waals surface area contributed by atoms with E-state index >= 15 is 0 Å². The van der Waals surface area contributed by atoms with Gasteiger partial charge in [0.05, 0.1) is 12.3 Å². The summed E-state index contributed by atoms with van der Waals surface area (Å²) in [6, 6.07) is 14.7. The number of carbonyl (C=O) groups excluding carboxylic acids is 2. The summed E-state index contributed by atoms with van der Waals surface area (Å²) < 4.78 is 5.61. The number of aryl methyl sites for hydroxylation is 1. The minimum Gasteiger partial charge on any atom is -0.491 e. The third-order valence-electron chi connectivity index (χ3n) is 3.54. The quantitative estimate of drug-likeness (QED) is 0.772. The molecular weight excluding hydrogens is 316 g/mol. The van der Waals surface area contributed by atoms with Crippen molar-refractivity contribution in [2.45, 2.75) is 26.7 Å². The van der Waals surface area contributed by atoms with Crippen molar-refractivity contribution < 1.29 is 14.3 Å². The lowest BCUT2D eigenvalue weighted by Crippen LogP contribution is -2.27. The molecule has 0 aliphatic heterocycles. The molecule has 0 spiro atoms. The predicted octanol–water partition coefficient (Wildman–Crippen LogP) is 3.54. The Morgan fingerprint density at radius 1 is 1.08 bits per heavy atom. The molecule has 2 aromatic rings. The van der Waals surface area contributed by atoms with Gasteiger partial charge in [-0.3, -0.25) is 9.59 Å². The molecule has 0 aromatic heterocycles. The molecule has 0 fully saturated rings. The summed E-state index contributed by atoms with van der Waals surface area (Å²) in [6.07, 6.45) is 1.09. The monoisotopic (exact) mass is 340 g/mol. The van der Waals surface area contributed by atoms with Crippen LogP contribution in [-0.2, 0) is 4.79 Å². The number of hydrogen-bond donors (Lipinski definition) is 2. The molecule has 5 heteroatoms. The number of para-hydroxylation sites is 2. The highest BCUT2D eigenvalue weighted by Crippen LogP contribution is 2.23. The Labute approximate surface area is 148 Å². The highest BCUT2D eigenvalue weighted by atomic mass is 16.5. The normalized spacial score (nSPS) is 10.2. The van der Waals surface area contributed by atoms with Gasteiger partial charge in [0, 0.05) is 18.5 Å². The van der Waals surface area contributed by atoms with Gasteiger partial charge in [-0.25, -0.2) is 0 Å². The predicted molar refractivity (Wildman–Crippen MR) is 99.0 cm³/mol. The summed E-state index contributed by atoms with van der Waals surface area (Å²) >= 11 is 0. The molecule has 2 aromatic carbocycles. The van der Waals surface area contributed by atoms with E-state index in [2.05, 4.69) is 10.6 Å². The van der Waals surface area contributed by atoms with Crippen LogP contribution in [0.3, 0.4) is 0 Å². The molecule has 0 aliphatic carbocycles. The van der Waals surface area contributed by atoms with Crippen LogP contribution in [0.5, 0.6) is 5.75 Å². The average Bonchev–Trinajstić information content (AvgIpc) is 2.61. The molecular formula is C20H24N2O3. The van der Waals surface area contributed by atoms with Gasteiger partial charge in [-0.05, 0) is 37.6 Å². The van der Waals surface area contributed by atoms with E-state index in [1.807, 2.05) is 50.2 Å². The maximum Gasteiger partial charge on any atom is 0.251 e. The minimum absolute atomic E-state index is 0.169. The van der Waals surface area contributed by atoms with Crippen LogP contribution < -0.4 is 15.4 Å². The van der Waals surface area contributed by atoms with Crippen LogP contribution in [0, 0.1) is 6.92 Å². The molecule has 0 radical (unpaired) electrons. The van der Waals surface area contributed by atoms with Gasteiger partial charge in [0.1, 0.15) is 5.75 Å². The lowest BCUT2D eigenvalue weighted by atomic mass is 10.1. The van der Waals surface area contributed by atoms with Gasteiger partial charge in [0.2, 0.25) is 5.91 Å². The second-order valence-corrected chi connectivity index (χ2v) is 5.77. The van der Waals surface area contributed by atoms with E-state index in [9.17, 15) is 9.59 Å². The lowest BCUT2D eigenvalue weighted by molar-refractivity contribution is -0.116. The summed E-state index contributed by atoms with van der Waals surface area (Å²) in [6.45, 7) is 4.83. The van der Waals surface area contributed by atoms with Crippen molar-refractivity contribution in [3.05, 3.63) is 59.7 Å². The van der Waals surface area contributed by atoms with Crippen LogP contribution in [0.2, 0.25) is 0 Å². The Morgan fingerprint density at radius 2 is 1.88 bits per heavy atom. The van der Waals surface area contributed by atoms with Crippen molar-refractivity contribution in [1.29, 1.82) is 0 Å². The molecule has 2 N–H and O–H groups in total. The highest BCUT2D eigenvalue weighted by Gasteiger charge is 2.09. The van der Waals surface area contributed by atoms with Gasteiger partial charge < -0.3 is 15.4 Å². The first kappa shape index (κ1) is 18.5. The molecule has 0 aliphatic rings. The van der Waals surface area contributed by atoms with E-state index in [-0.39, 0.29) is 24.8 Å². The number of benzene rings is 2. The lowest BCUT2D eigenvalue weighted by Gasteiger charge is -2.12. The van der Waals surface area contributed by atoms with Gasteiger partial charge in [0.25, 0.3) is 5.91 Å². The number of ether oxygens (including phenoxy) is 1. The second-order valence-electron chi connectivity index (χ2n) is 5.77. The fraction of sp³-hybridized carbons (Fsp3) is 0.300. The first-order valence-corrected chi connectivity index (χ1v) is 8.46. The summed E-state index contributed by atoms with van der Waals surface area (Å²) in [7, 11) is 0. The van der Waals surface area contributed by atoms with Crippen molar-refractivity contribution >= 4 is 17.5 Å².